The molecule has 1 aromatic heterocycles. The fourth-order valence-corrected chi connectivity index (χ4v) is 3.05. The Morgan fingerprint density at radius 3 is 2.80 bits per heavy atom. The number of fused-ring (bicyclic) bond motifs is 1. The van der Waals surface area contributed by atoms with Gasteiger partial charge in [0.1, 0.15) is 17.3 Å². The normalized spacial score (nSPS) is 10.9. The summed E-state index contributed by atoms with van der Waals surface area (Å²) in [6, 6.07) is 18.1. The number of nitriles is 1. The number of phenols is 1. The minimum atomic E-state index is -0.473. The molecule has 0 bridgehead atoms. The molecule has 0 spiro atoms. The number of aryl methyl sites for hydroxylation is 1. The van der Waals surface area contributed by atoms with Crippen molar-refractivity contribution in [3.8, 4) is 11.8 Å². The Morgan fingerprint density at radius 1 is 1.17 bits per heavy atom. The van der Waals surface area contributed by atoms with E-state index in [0.717, 1.165) is 5.56 Å². The molecule has 0 aliphatic rings. The molecule has 4 rings (SSSR count). The number of carbonyl (C=O) groups is 1. The number of phenolic OH excluding ortho intramolecular Hbond substituents is 1. The number of aromatic nitrogens is 2. The van der Waals surface area contributed by atoms with Gasteiger partial charge in [-0.25, -0.2) is 0 Å². The highest BCUT2D eigenvalue weighted by molar-refractivity contribution is 6.11. The van der Waals surface area contributed by atoms with E-state index >= 15 is 0 Å². The maximum absolute atomic E-state index is 12.9. The van der Waals surface area contributed by atoms with Crippen LogP contribution in [0, 0.1) is 18.3 Å². The summed E-state index contributed by atoms with van der Waals surface area (Å²) in [6.07, 6.45) is 1.33. The molecule has 0 fully saturated rings. The maximum atomic E-state index is 12.9. The van der Waals surface area contributed by atoms with Crippen molar-refractivity contribution in [2.24, 2.45) is 10.2 Å². The molecule has 8 nitrogen and oxygen atoms in total. The van der Waals surface area contributed by atoms with Crippen molar-refractivity contribution in [1.29, 1.82) is 5.26 Å². The van der Waals surface area contributed by atoms with Crippen molar-refractivity contribution >= 4 is 33.9 Å². The number of azo groups is 1. The van der Waals surface area contributed by atoms with Gasteiger partial charge >= 0.3 is 0 Å². The highest BCUT2D eigenvalue weighted by Crippen LogP contribution is 2.39. The third kappa shape index (κ3) is 3.59. The number of anilines is 1. The third-order valence-electron chi connectivity index (χ3n) is 4.51. The summed E-state index contributed by atoms with van der Waals surface area (Å²) in [5.74, 6) is -0.615. The first-order valence-electron chi connectivity index (χ1n) is 9.05. The Bertz CT molecular complexity index is 1330. The predicted octanol–water partition coefficient (Wildman–Crippen LogP) is 5.12. The van der Waals surface area contributed by atoms with Gasteiger partial charge in [-0.2, -0.15) is 10.4 Å². The van der Waals surface area contributed by atoms with Gasteiger partial charge in [0.2, 0.25) is 0 Å². The van der Waals surface area contributed by atoms with E-state index in [1.807, 2.05) is 43.3 Å². The molecule has 0 aliphatic carbocycles. The molecule has 0 radical (unpaired) electrons. The van der Waals surface area contributed by atoms with E-state index in [4.69, 9.17) is 5.26 Å². The molecule has 3 aromatic carbocycles. The van der Waals surface area contributed by atoms with E-state index in [0.29, 0.717) is 16.5 Å². The smallest absolute Gasteiger partial charge is 0.259 e. The zero-order chi connectivity index (χ0) is 21.1. The molecule has 4 aromatic rings. The molecule has 0 unspecified atom stereocenters. The first-order valence-corrected chi connectivity index (χ1v) is 9.05. The van der Waals surface area contributed by atoms with Crippen molar-refractivity contribution in [1.82, 2.24) is 10.2 Å². The van der Waals surface area contributed by atoms with E-state index in [1.54, 1.807) is 24.3 Å². The molecule has 0 atom stereocenters. The van der Waals surface area contributed by atoms with Gasteiger partial charge in [-0.3, -0.25) is 9.89 Å². The van der Waals surface area contributed by atoms with E-state index < -0.39 is 5.91 Å². The summed E-state index contributed by atoms with van der Waals surface area (Å²) in [4.78, 5) is 12.9. The summed E-state index contributed by atoms with van der Waals surface area (Å²) in [7, 11) is 0. The molecule has 8 heteroatoms. The number of benzene rings is 3. The molecular formula is C22H16N6O2. The number of aromatic amines is 1. The van der Waals surface area contributed by atoms with Crippen LogP contribution in [0.5, 0.6) is 5.75 Å². The lowest BCUT2D eigenvalue weighted by atomic mass is 10.0. The zero-order valence-electron chi connectivity index (χ0n) is 15.9. The molecular weight excluding hydrogens is 380 g/mol. The Hall–Kier alpha value is -4.51. The molecule has 3 N–H and O–H groups in total. The highest BCUT2D eigenvalue weighted by atomic mass is 16.3. The van der Waals surface area contributed by atoms with Crippen LogP contribution < -0.4 is 5.32 Å². The number of H-pyrrole nitrogens is 1. The summed E-state index contributed by atoms with van der Waals surface area (Å²) >= 11 is 0. The van der Waals surface area contributed by atoms with Crippen LogP contribution in [0.15, 0.2) is 71.0 Å². The van der Waals surface area contributed by atoms with Gasteiger partial charge in [0, 0.05) is 11.1 Å². The standard InChI is InChI=1S/C22H16N6O2/c1-13-5-4-7-16(9-13)25-22(30)18-10-14-6-2-3-8-17(14)19(20(18)29)26-28-21-15(11-23)12-24-27-21/h2-10,12,29H,1H3,(H,24,27)(H,25,30)/b28-26+. The zero-order valence-corrected chi connectivity index (χ0v) is 15.9. The van der Waals surface area contributed by atoms with Crippen LogP contribution in [0.3, 0.4) is 0 Å². The van der Waals surface area contributed by atoms with Crippen LogP contribution in [0.25, 0.3) is 10.8 Å². The van der Waals surface area contributed by atoms with E-state index in [2.05, 4.69) is 25.7 Å². The number of nitrogens with zero attached hydrogens (tertiary/aromatic N) is 4. The fraction of sp³-hybridized carbons (Fsp3) is 0.0455. The monoisotopic (exact) mass is 396 g/mol. The summed E-state index contributed by atoms with van der Waals surface area (Å²) < 4.78 is 0. The molecule has 30 heavy (non-hydrogen) atoms. The SMILES string of the molecule is Cc1cccc(NC(=O)c2cc3ccccc3c(/N=N/c3[nH]ncc3C#N)c2O)c1. The van der Waals surface area contributed by atoms with Crippen LogP contribution in [-0.2, 0) is 0 Å². The average molecular weight is 396 g/mol. The molecule has 1 heterocycles. The topological polar surface area (TPSA) is 127 Å². The second-order valence-corrected chi connectivity index (χ2v) is 6.61. The van der Waals surface area contributed by atoms with Gasteiger partial charge < -0.3 is 10.4 Å². The quantitative estimate of drug-likeness (QED) is 0.414. The molecule has 0 saturated heterocycles. The number of carbonyl (C=O) groups excluding carboxylic acids is 1. The second-order valence-electron chi connectivity index (χ2n) is 6.61. The number of aromatic hydroxyl groups is 1. The van der Waals surface area contributed by atoms with Crippen LogP contribution in [0.4, 0.5) is 17.2 Å². The molecule has 0 aliphatic heterocycles. The number of amides is 1. The lowest BCUT2D eigenvalue weighted by Crippen LogP contribution is -2.12. The third-order valence-corrected chi connectivity index (χ3v) is 4.51. The van der Waals surface area contributed by atoms with Gasteiger partial charge in [-0.1, -0.05) is 36.4 Å². The van der Waals surface area contributed by atoms with Crippen molar-refractivity contribution in [3.63, 3.8) is 0 Å². The fourth-order valence-electron chi connectivity index (χ4n) is 3.05. The van der Waals surface area contributed by atoms with E-state index in [9.17, 15) is 9.90 Å². The average Bonchev–Trinajstić information content (AvgIpc) is 3.20. The van der Waals surface area contributed by atoms with Crippen molar-refractivity contribution in [2.45, 2.75) is 6.92 Å². The van der Waals surface area contributed by atoms with E-state index in [1.165, 1.54) is 6.20 Å². The molecule has 1 amide bonds. The minimum Gasteiger partial charge on any atom is -0.505 e. The van der Waals surface area contributed by atoms with Crippen LogP contribution >= 0.6 is 0 Å². The second kappa shape index (κ2) is 7.85. The summed E-state index contributed by atoms with van der Waals surface area (Å²) in [5, 5.41) is 38.5. The Balaban J connectivity index is 1.79. The summed E-state index contributed by atoms with van der Waals surface area (Å²) in [6.45, 7) is 1.92. The highest BCUT2D eigenvalue weighted by Gasteiger charge is 2.19. The van der Waals surface area contributed by atoms with Crippen LogP contribution in [0.2, 0.25) is 0 Å². The lowest BCUT2D eigenvalue weighted by Gasteiger charge is -2.11. The van der Waals surface area contributed by atoms with Crippen LogP contribution in [0.1, 0.15) is 21.5 Å². The van der Waals surface area contributed by atoms with Crippen molar-refractivity contribution < 1.29 is 9.90 Å². The Kier molecular flexibility index (Phi) is 4.93. The Morgan fingerprint density at radius 2 is 2.00 bits per heavy atom. The van der Waals surface area contributed by atoms with Gasteiger partial charge in [0.05, 0.1) is 11.8 Å². The van der Waals surface area contributed by atoms with Gasteiger partial charge in [0.25, 0.3) is 5.91 Å². The maximum Gasteiger partial charge on any atom is 0.259 e. The van der Waals surface area contributed by atoms with Gasteiger partial charge in [-0.05, 0) is 36.1 Å². The number of rotatable bonds is 4. The minimum absolute atomic E-state index is 0.0641. The largest absolute Gasteiger partial charge is 0.505 e. The van der Waals surface area contributed by atoms with E-state index in [-0.39, 0.29) is 28.4 Å². The first kappa shape index (κ1) is 18.8. The Labute approximate surface area is 171 Å². The summed E-state index contributed by atoms with van der Waals surface area (Å²) in [5.41, 5.74) is 2.02. The molecule has 0 saturated carbocycles. The van der Waals surface area contributed by atoms with Crippen molar-refractivity contribution in [2.75, 3.05) is 5.32 Å². The first-order chi connectivity index (χ1) is 14.6. The van der Waals surface area contributed by atoms with Crippen LogP contribution in [-0.4, -0.2) is 21.2 Å². The lowest BCUT2D eigenvalue weighted by molar-refractivity contribution is 0.102. The predicted molar refractivity (Wildman–Crippen MR) is 112 cm³/mol. The van der Waals surface area contributed by atoms with Gasteiger partial charge in [0.15, 0.2) is 11.6 Å². The molecule has 146 valence electrons. The number of nitrogens with one attached hydrogen (secondary N) is 2. The van der Waals surface area contributed by atoms with Crippen molar-refractivity contribution in [3.05, 3.63) is 77.5 Å². The number of hydrogen-bond acceptors (Lipinski definition) is 6. The number of hydrogen-bond donors (Lipinski definition) is 3. The van der Waals surface area contributed by atoms with Gasteiger partial charge in [-0.15, -0.1) is 10.2 Å².